The first kappa shape index (κ1) is 18.7. The van der Waals surface area contributed by atoms with Crippen LogP contribution in [-0.2, 0) is 9.59 Å². The third kappa shape index (κ3) is 4.96. The van der Waals surface area contributed by atoms with Crippen LogP contribution < -0.4 is 10.1 Å². The van der Waals surface area contributed by atoms with Crippen LogP contribution >= 0.6 is 0 Å². The zero-order valence-electron chi connectivity index (χ0n) is 15.7. The van der Waals surface area contributed by atoms with Crippen LogP contribution in [0.1, 0.15) is 52.4 Å². The number of aromatic nitrogens is 1. The molecule has 26 heavy (non-hydrogen) atoms. The highest BCUT2D eigenvalue weighted by molar-refractivity contribution is 5.92. The van der Waals surface area contributed by atoms with Crippen LogP contribution in [-0.4, -0.2) is 40.9 Å². The summed E-state index contributed by atoms with van der Waals surface area (Å²) in [4.78, 5) is 30.3. The van der Waals surface area contributed by atoms with Crippen molar-refractivity contribution in [2.75, 3.05) is 18.4 Å². The van der Waals surface area contributed by atoms with Crippen molar-refractivity contribution in [3.8, 4) is 5.88 Å². The topological polar surface area (TPSA) is 71.5 Å². The number of hydrogen-bond acceptors (Lipinski definition) is 4. The molecule has 1 saturated carbocycles. The van der Waals surface area contributed by atoms with Crippen molar-refractivity contribution in [3.63, 3.8) is 0 Å². The summed E-state index contributed by atoms with van der Waals surface area (Å²) in [5.41, 5.74) is 0.711. The molecule has 0 unspecified atom stereocenters. The first-order valence-corrected chi connectivity index (χ1v) is 9.72. The van der Waals surface area contributed by atoms with Crippen LogP contribution in [0.15, 0.2) is 18.3 Å². The molecule has 2 fully saturated rings. The molecule has 0 radical (unpaired) electrons. The minimum Gasteiger partial charge on any atom is -0.474 e. The van der Waals surface area contributed by atoms with Gasteiger partial charge in [0.05, 0.1) is 11.9 Å². The summed E-state index contributed by atoms with van der Waals surface area (Å²) in [5.74, 6) is 1.45. The molecule has 1 N–H and O–H groups in total. The van der Waals surface area contributed by atoms with Crippen molar-refractivity contribution in [2.45, 2.75) is 58.5 Å². The van der Waals surface area contributed by atoms with Gasteiger partial charge >= 0.3 is 0 Å². The molecule has 0 atom stereocenters. The molecular formula is C20H29N3O3. The number of nitrogens with zero attached hydrogens (tertiary/aromatic N) is 2. The van der Waals surface area contributed by atoms with E-state index in [-0.39, 0.29) is 23.8 Å². The van der Waals surface area contributed by atoms with Gasteiger partial charge in [-0.2, -0.15) is 0 Å². The maximum Gasteiger partial charge on any atom is 0.227 e. The molecule has 2 amide bonds. The van der Waals surface area contributed by atoms with Gasteiger partial charge in [-0.3, -0.25) is 9.59 Å². The minimum absolute atomic E-state index is 0.0843. The number of nitrogens with one attached hydrogen (secondary N) is 1. The Morgan fingerprint density at radius 3 is 2.50 bits per heavy atom. The zero-order chi connectivity index (χ0) is 18.5. The number of carbonyl (C=O) groups is 2. The van der Waals surface area contributed by atoms with E-state index in [1.54, 1.807) is 12.3 Å². The molecule has 6 heteroatoms. The first-order valence-electron chi connectivity index (χ1n) is 9.72. The lowest BCUT2D eigenvalue weighted by Crippen LogP contribution is -2.42. The van der Waals surface area contributed by atoms with Crippen molar-refractivity contribution < 1.29 is 14.3 Å². The second kappa shape index (κ2) is 8.52. The molecule has 1 saturated heterocycles. The average molecular weight is 359 g/mol. The van der Waals surface area contributed by atoms with Gasteiger partial charge in [-0.15, -0.1) is 0 Å². The first-order chi connectivity index (χ1) is 12.5. The summed E-state index contributed by atoms with van der Waals surface area (Å²) >= 11 is 0. The Hall–Kier alpha value is -2.11. The molecule has 0 aromatic carbocycles. The van der Waals surface area contributed by atoms with Crippen LogP contribution in [0.5, 0.6) is 5.88 Å². The number of ether oxygens (including phenoxy) is 1. The van der Waals surface area contributed by atoms with Crippen molar-refractivity contribution in [1.29, 1.82) is 0 Å². The standard InChI is InChI=1S/C20H29N3O3/c1-14(2)12-19(24)23-10-8-17(9-11-23)26-18-7-6-16(13-21-18)22-20(25)15-4-3-5-15/h6-7,13-15,17H,3-5,8-12H2,1-2H3,(H,22,25). The van der Waals surface area contributed by atoms with E-state index in [4.69, 9.17) is 4.74 Å². The Labute approximate surface area is 155 Å². The van der Waals surface area contributed by atoms with E-state index in [0.717, 1.165) is 45.2 Å². The Morgan fingerprint density at radius 1 is 1.23 bits per heavy atom. The quantitative estimate of drug-likeness (QED) is 0.846. The molecule has 6 nitrogen and oxygen atoms in total. The van der Waals surface area contributed by atoms with Gasteiger partial charge in [-0.1, -0.05) is 20.3 Å². The molecule has 1 aromatic rings. The summed E-state index contributed by atoms with van der Waals surface area (Å²) in [5, 5.41) is 2.91. The molecule has 0 spiro atoms. The Balaban J connectivity index is 1.43. The normalized spacial score (nSPS) is 18.5. The van der Waals surface area contributed by atoms with Gasteiger partial charge < -0.3 is 15.0 Å². The van der Waals surface area contributed by atoms with Gasteiger partial charge in [0.15, 0.2) is 0 Å². The van der Waals surface area contributed by atoms with Crippen molar-refractivity contribution in [2.24, 2.45) is 11.8 Å². The highest BCUT2D eigenvalue weighted by atomic mass is 16.5. The Kier molecular flexibility index (Phi) is 6.12. The zero-order valence-corrected chi connectivity index (χ0v) is 15.7. The highest BCUT2D eigenvalue weighted by Crippen LogP contribution is 2.27. The monoisotopic (exact) mass is 359 g/mol. The fourth-order valence-electron chi connectivity index (χ4n) is 3.31. The maximum atomic E-state index is 12.1. The second-order valence-electron chi connectivity index (χ2n) is 7.80. The molecule has 2 heterocycles. The van der Waals surface area contributed by atoms with Gasteiger partial charge in [-0.05, 0) is 24.8 Å². The number of carbonyl (C=O) groups excluding carboxylic acids is 2. The number of amides is 2. The van der Waals surface area contributed by atoms with Crippen LogP contribution in [0, 0.1) is 11.8 Å². The van der Waals surface area contributed by atoms with E-state index in [0.29, 0.717) is 23.9 Å². The van der Waals surface area contributed by atoms with Gasteiger partial charge in [0.1, 0.15) is 6.10 Å². The number of hydrogen-bond donors (Lipinski definition) is 1. The van der Waals surface area contributed by atoms with Crippen LogP contribution in [0.4, 0.5) is 5.69 Å². The summed E-state index contributed by atoms with van der Waals surface area (Å²) in [6.45, 7) is 5.62. The Bertz CT molecular complexity index is 618. The van der Waals surface area contributed by atoms with Crippen molar-refractivity contribution >= 4 is 17.5 Å². The molecule has 142 valence electrons. The average Bonchev–Trinajstić information content (AvgIpc) is 2.55. The molecule has 1 aromatic heterocycles. The summed E-state index contributed by atoms with van der Waals surface area (Å²) < 4.78 is 5.94. The van der Waals surface area contributed by atoms with Gasteiger partial charge in [-0.25, -0.2) is 4.98 Å². The number of likely N-dealkylation sites (tertiary alicyclic amines) is 1. The molecular weight excluding hydrogens is 330 g/mol. The minimum atomic E-state index is 0.0843. The molecule has 0 bridgehead atoms. The van der Waals surface area contributed by atoms with Crippen LogP contribution in [0.2, 0.25) is 0 Å². The van der Waals surface area contributed by atoms with Crippen molar-refractivity contribution in [1.82, 2.24) is 9.88 Å². The number of pyridine rings is 1. The molecule has 3 rings (SSSR count). The van der Waals surface area contributed by atoms with Gasteiger partial charge in [0.25, 0.3) is 0 Å². The summed E-state index contributed by atoms with van der Waals surface area (Å²) in [6, 6.07) is 3.63. The van der Waals surface area contributed by atoms with Crippen LogP contribution in [0.3, 0.4) is 0 Å². The maximum absolute atomic E-state index is 12.1. The number of rotatable bonds is 6. The van der Waals surface area contributed by atoms with E-state index < -0.39 is 0 Å². The lowest BCUT2D eigenvalue weighted by molar-refractivity contribution is -0.133. The van der Waals surface area contributed by atoms with Gasteiger partial charge in [0, 0.05) is 44.3 Å². The second-order valence-corrected chi connectivity index (χ2v) is 7.80. The van der Waals surface area contributed by atoms with E-state index in [2.05, 4.69) is 24.1 Å². The predicted molar refractivity (Wildman–Crippen MR) is 99.9 cm³/mol. The summed E-state index contributed by atoms with van der Waals surface area (Å²) in [6.07, 6.45) is 7.11. The lowest BCUT2D eigenvalue weighted by Gasteiger charge is -2.32. The van der Waals surface area contributed by atoms with E-state index in [1.807, 2.05) is 11.0 Å². The summed E-state index contributed by atoms with van der Waals surface area (Å²) in [7, 11) is 0. The lowest BCUT2D eigenvalue weighted by atomic mass is 9.85. The Morgan fingerprint density at radius 2 is 1.96 bits per heavy atom. The highest BCUT2D eigenvalue weighted by Gasteiger charge is 2.26. The van der Waals surface area contributed by atoms with Gasteiger partial charge in [0.2, 0.25) is 17.7 Å². The molecule has 1 aliphatic carbocycles. The van der Waals surface area contributed by atoms with E-state index in [1.165, 1.54) is 0 Å². The molecule has 1 aliphatic heterocycles. The number of anilines is 1. The van der Waals surface area contributed by atoms with E-state index >= 15 is 0 Å². The van der Waals surface area contributed by atoms with E-state index in [9.17, 15) is 9.59 Å². The largest absolute Gasteiger partial charge is 0.474 e. The predicted octanol–water partition coefficient (Wildman–Crippen LogP) is 3.24. The van der Waals surface area contributed by atoms with Crippen molar-refractivity contribution in [3.05, 3.63) is 18.3 Å². The third-order valence-electron chi connectivity index (χ3n) is 5.14. The fraction of sp³-hybridized carbons (Fsp3) is 0.650. The smallest absolute Gasteiger partial charge is 0.227 e. The third-order valence-corrected chi connectivity index (χ3v) is 5.14. The molecule has 2 aliphatic rings. The number of piperidine rings is 1. The fourth-order valence-corrected chi connectivity index (χ4v) is 3.31. The van der Waals surface area contributed by atoms with Crippen LogP contribution in [0.25, 0.3) is 0 Å². The SMILES string of the molecule is CC(C)CC(=O)N1CCC(Oc2ccc(NC(=O)C3CCC3)cn2)CC1.